The van der Waals surface area contributed by atoms with Crippen molar-refractivity contribution in [2.45, 2.75) is 45.6 Å². The van der Waals surface area contributed by atoms with Crippen LogP contribution in [-0.2, 0) is 0 Å². The minimum atomic E-state index is -1.06. The number of carbonyl (C=O) groups is 1. The number of carboxylic acids is 1. The van der Waals surface area contributed by atoms with E-state index in [2.05, 4.69) is 20.1 Å². The first-order valence-electron chi connectivity index (χ1n) is 7.65. The molecule has 122 valence electrons. The van der Waals surface area contributed by atoms with Crippen molar-refractivity contribution in [1.29, 1.82) is 0 Å². The van der Waals surface area contributed by atoms with Crippen molar-refractivity contribution in [3.63, 3.8) is 0 Å². The van der Waals surface area contributed by atoms with Crippen LogP contribution in [0.1, 0.15) is 66.5 Å². The second kappa shape index (κ2) is 5.94. The van der Waals surface area contributed by atoms with Crippen molar-refractivity contribution in [3.05, 3.63) is 29.2 Å². The van der Waals surface area contributed by atoms with Gasteiger partial charge in [-0.25, -0.2) is 14.8 Å². The highest BCUT2D eigenvalue weighted by atomic mass is 16.5. The maximum Gasteiger partial charge on any atom is 0.354 e. The summed E-state index contributed by atoms with van der Waals surface area (Å²) >= 11 is 0. The van der Waals surface area contributed by atoms with Gasteiger partial charge in [-0.05, 0) is 25.8 Å². The van der Waals surface area contributed by atoms with Crippen LogP contribution in [0.4, 0.5) is 5.95 Å². The van der Waals surface area contributed by atoms with E-state index in [0.29, 0.717) is 23.4 Å². The Morgan fingerprint density at radius 2 is 2.17 bits per heavy atom. The quantitative estimate of drug-likeness (QED) is 0.916. The first-order chi connectivity index (χ1) is 11.0. The average Bonchev–Trinajstić information content (AvgIpc) is 3.15. The van der Waals surface area contributed by atoms with E-state index in [1.807, 2.05) is 18.7 Å². The highest BCUT2D eigenvalue weighted by Gasteiger charge is 2.33. The first kappa shape index (κ1) is 15.4. The Morgan fingerprint density at radius 3 is 2.83 bits per heavy atom. The van der Waals surface area contributed by atoms with Gasteiger partial charge in [0.1, 0.15) is 6.04 Å². The molecule has 0 spiro atoms. The third kappa shape index (κ3) is 3.01. The van der Waals surface area contributed by atoms with E-state index >= 15 is 0 Å². The lowest BCUT2D eigenvalue weighted by molar-refractivity contribution is 0.0690. The summed E-state index contributed by atoms with van der Waals surface area (Å²) in [5.41, 5.74) is 0.609. The molecule has 0 bridgehead atoms. The van der Waals surface area contributed by atoms with E-state index in [1.165, 1.54) is 6.07 Å². The Morgan fingerprint density at radius 1 is 1.39 bits per heavy atom. The molecular formula is C15H19N5O3. The van der Waals surface area contributed by atoms with Crippen LogP contribution in [0.5, 0.6) is 0 Å². The summed E-state index contributed by atoms with van der Waals surface area (Å²) < 4.78 is 5.39. The van der Waals surface area contributed by atoms with Crippen molar-refractivity contribution in [2.75, 3.05) is 11.4 Å². The van der Waals surface area contributed by atoms with Crippen molar-refractivity contribution < 1.29 is 14.4 Å². The second-order valence-electron chi connectivity index (χ2n) is 6.00. The minimum absolute atomic E-state index is 0.00783. The number of anilines is 1. The van der Waals surface area contributed by atoms with Gasteiger partial charge in [0.25, 0.3) is 0 Å². The van der Waals surface area contributed by atoms with Gasteiger partial charge < -0.3 is 14.5 Å². The molecule has 1 N–H and O–H groups in total. The normalized spacial score (nSPS) is 17.9. The lowest BCUT2D eigenvalue weighted by atomic mass is 10.2. The van der Waals surface area contributed by atoms with Gasteiger partial charge in [-0.1, -0.05) is 19.0 Å². The van der Waals surface area contributed by atoms with E-state index in [0.717, 1.165) is 19.4 Å². The van der Waals surface area contributed by atoms with Crippen molar-refractivity contribution >= 4 is 11.9 Å². The molecule has 1 aliphatic rings. The molecule has 1 atom stereocenters. The van der Waals surface area contributed by atoms with E-state index in [1.54, 1.807) is 6.92 Å². The van der Waals surface area contributed by atoms with Crippen LogP contribution >= 0.6 is 0 Å². The van der Waals surface area contributed by atoms with Crippen LogP contribution in [0.15, 0.2) is 10.6 Å². The van der Waals surface area contributed by atoms with Crippen LogP contribution in [0, 0.1) is 6.92 Å². The number of aryl methyl sites for hydroxylation is 1. The van der Waals surface area contributed by atoms with Gasteiger partial charge in [-0.3, -0.25) is 0 Å². The number of hydrogen-bond donors (Lipinski definition) is 1. The number of aromatic nitrogens is 4. The molecule has 1 saturated heterocycles. The number of hydrogen-bond acceptors (Lipinski definition) is 7. The molecule has 8 heteroatoms. The molecule has 0 unspecified atom stereocenters. The van der Waals surface area contributed by atoms with Gasteiger partial charge in [-0.2, -0.15) is 4.98 Å². The van der Waals surface area contributed by atoms with Gasteiger partial charge >= 0.3 is 5.97 Å². The third-order valence-corrected chi connectivity index (χ3v) is 3.83. The topological polar surface area (TPSA) is 105 Å². The maximum atomic E-state index is 11.2. The summed E-state index contributed by atoms with van der Waals surface area (Å²) in [5, 5.41) is 13.2. The fraction of sp³-hybridized carbons (Fsp3) is 0.533. The summed E-state index contributed by atoms with van der Waals surface area (Å²) in [6.07, 6.45) is 1.78. The predicted octanol–water partition coefficient (Wildman–Crippen LogP) is 2.33. The highest BCUT2D eigenvalue weighted by molar-refractivity contribution is 5.85. The largest absolute Gasteiger partial charge is 0.477 e. The Balaban J connectivity index is 1.93. The number of nitrogens with zero attached hydrogens (tertiary/aromatic N) is 5. The van der Waals surface area contributed by atoms with Crippen LogP contribution in [0.3, 0.4) is 0 Å². The van der Waals surface area contributed by atoms with E-state index < -0.39 is 5.97 Å². The fourth-order valence-corrected chi connectivity index (χ4v) is 2.67. The van der Waals surface area contributed by atoms with Gasteiger partial charge in [-0.15, -0.1) is 0 Å². The second-order valence-corrected chi connectivity index (χ2v) is 6.00. The van der Waals surface area contributed by atoms with Crippen molar-refractivity contribution in [1.82, 2.24) is 20.1 Å². The minimum Gasteiger partial charge on any atom is -0.477 e. The van der Waals surface area contributed by atoms with Gasteiger partial charge in [0.15, 0.2) is 11.5 Å². The molecule has 3 rings (SSSR count). The Bertz CT molecular complexity index is 728. The molecule has 0 saturated carbocycles. The van der Waals surface area contributed by atoms with Crippen LogP contribution in [0.2, 0.25) is 0 Å². The van der Waals surface area contributed by atoms with E-state index in [9.17, 15) is 9.90 Å². The number of carboxylic acid groups (broad SMARTS) is 1. The van der Waals surface area contributed by atoms with Crippen LogP contribution in [0.25, 0.3) is 0 Å². The van der Waals surface area contributed by atoms with Crippen molar-refractivity contribution in [2.24, 2.45) is 0 Å². The maximum absolute atomic E-state index is 11.2. The number of aromatic carboxylic acids is 1. The molecule has 2 aromatic rings. The molecule has 0 amide bonds. The summed E-state index contributed by atoms with van der Waals surface area (Å²) in [6, 6.07) is 1.35. The van der Waals surface area contributed by atoms with E-state index in [-0.39, 0.29) is 17.7 Å². The first-order valence-corrected chi connectivity index (χ1v) is 7.65. The Labute approximate surface area is 133 Å². The molecule has 3 heterocycles. The van der Waals surface area contributed by atoms with Gasteiger partial charge in [0.2, 0.25) is 11.8 Å². The van der Waals surface area contributed by atoms with Gasteiger partial charge in [0.05, 0.1) is 0 Å². The zero-order chi connectivity index (χ0) is 16.6. The fourth-order valence-electron chi connectivity index (χ4n) is 2.67. The summed E-state index contributed by atoms with van der Waals surface area (Å²) in [7, 11) is 0. The molecule has 1 fully saturated rings. The van der Waals surface area contributed by atoms with Crippen molar-refractivity contribution in [3.8, 4) is 0 Å². The smallest absolute Gasteiger partial charge is 0.354 e. The summed E-state index contributed by atoms with van der Waals surface area (Å²) in [5.74, 6) is 0.731. The molecule has 1 aliphatic heterocycles. The third-order valence-electron chi connectivity index (χ3n) is 3.83. The summed E-state index contributed by atoms with van der Waals surface area (Å²) in [6.45, 7) is 6.49. The molecule has 2 aromatic heterocycles. The van der Waals surface area contributed by atoms with Crippen LogP contribution < -0.4 is 4.90 Å². The lowest BCUT2D eigenvalue weighted by Gasteiger charge is -2.22. The molecule has 8 nitrogen and oxygen atoms in total. The highest BCUT2D eigenvalue weighted by Crippen LogP contribution is 2.34. The SMILES string of the molecule is Cc1cc(C(=O)O)nc(N2CCC[C@H]2c2nc(C(C)C)no2)n1. The Kier molecular flexibility index (Phi) is 3.97. The molecule has 0 radical (unpaired) electrons. The predicted molar refractivity (Wildman–Crippen MR) is 81.4 cm³/mol. The molecule has 0 aliphatic carbocycles. The zero-order valence-electron chi connectivity index (χ0n) is 13.4. The lowest BCUT2D eigenvalue weighted by Crippen LogP contribution is -2.26. The number of rotatable bonds is 4. The average molecular weight is 317 g/mol. The zero-order valence-corrected chi connectivity index (χ0v) is 13.4. The molecule has 23 heavy (non-hydrogen) atoms. The summed E-state index contributed by atoms with van der Waals surface area (Å²) in [4.78, 5) is 26.1. The monoisotopic (exact) mass is 317 g/mol. The molecular weight excluding hydrogens is 298 g/mol. The van der Waals surface area contributed by atoms with E-state index in [4.69, 9.17) is 4.52 Å². The van der Waals surface area contributed by atoms with Gasteiger partial charge in [0, 0.05) is 18.2 Å². The van der Waals surface area contributed by atoms with Crippen LogP contribution in [-0.4, -0.2) is 37.7 Å². The standard InChI is InChI=1S/C15H19N5O3/c1-8(2)12-18-13(23-19-12)11-5-4-6-20(11)15-16-9(3)7-10(17-15)14(21)22/h7-8,11H,4-6H2,1-3H3,(H,21,22)/t11-/m0/s1. The molecule has 0 aromatic carbocycles. The Hall–Kier alpha value is -2.51.